The molecule has 0 aliphatic carbocycles. The van der Waals surface area contributed by atoms with Gasteiger partial charge in [-0.05, 0) is 19.1 Å². The van der Waals surface area contributed by atoms with Gasteiger partial charge in [-0.2, -0.15) is 0 Å². The number of benzene rings is 1. The summed E-state index contributed by atoms with van der Waals surface area (Å²) in [7, 11) is 0. The van der Waals surface area contributed by atoms with E-state index in [1.807, 2.05) is 6.92 Å². The Morgan fingerprint density at radius 3 is 3.00 bits per heavy atom. The number of carbonyl (C=O) groups is 2. The Morgan fingerprint density at radius 2 is 2.25 bits per heavy atom. The number of rotatable bonds is 3. The minimum Gasteiger partial charge on any atom is -0.491 e. The number of nitrogens with one attached hydrogen (secondary N) is 1. The molecular formula is C14H19N3O3. The standard InChI is InChI=1S/C14H19N3O3/c1-2-20-13-10(4-3-5-11(13)15)14(19)17-8-6-12(18)16-7-9-17/h3-5H,2,6-9,15H2,1H3,(H,16,18). The van der Waals surface area contributed by atoms with Crippen molar-refractivity contribution in [3.05, 3.63) is 23.8 Å². The van der Waals surface area contributed by atoms with Gasteiger partial charge < -0.3 is 20.7 Å². The summed E-state index contributed by atoms with van der Waals surface area (Å²) in [6.45, 7) is 3.65. The molecule has 20 heavy (non-hydrogen) atoms. The smallest absolute Gasteiger partial charge is 0.257 e. The predicted octanol–water partition coefficient (Wildman–Crippen LogP) is 0.630. The molecule has 0 aromatic heterocycles. The molecule has 2 rings (SSSR count). The van der Waals surface area contributed by atoms with Crippen LogP contribution in [0.2, 0.25) is 0 Å². The maximum Gasteiger partial charge on any atom is 0.257 e. The summed E-state index contributed by atoms with van der Waals surface area (Å²) in [6.07, 6.45) is 0.317. The number of carbonyl (C=O) groups excluding carboxylic acids is 2. The second kappa shape index (κ2) is 6.27. The van der Waals surface area contributed by atoms with Crippen molar-refractivity contribution in [3.8, 4) is 5.75 Å². The fraction of sp³-hybridized carbons (Fsp3) is 0.429. The third kappa shape index (κ3) is 3.01. The van der Waals surface area contributed by atoms with Gasteiger partial charge in [0.1, 0.15) is 0 Å². The van der Waals surface area contributed by atoms with E-state index in [2.05, 4.69) is 5.32 Å². The molecule has 2 amide bonds. The summed E-state index contributed by atoms with van der Waals surface area (Å²) in [5.74, 6) is 0.235. The summed E-state index contributed by atoms with van der Waals surface area (Å²) in [4.78, 5) is 25.5. The first-order valence-corrected chi connectivity index (χ1v) is 6.70. The van der Waals surface area contributed by atoms with Gasteiger partial charge in [0.25, 0.3) is 5.91 Å². The predicted molar refractivity (Wildman–Crippen MR) is 75.6 cm³/mol. The molecule has 0 atom stereocenters. The van der Waals surface area contributed by atoms with Gasteiger partial charge in [0.05, 0.1) is 17.9 Å². The van der Waals surface area contributed by atoms with Crippen LogP contribution in [-0.2, 0) is 4.79 Å². The Morgan fingerprint density at radius 1 is 1.45 bits per heavy atom. The highest BCUT2D eigenvalue weighted by Crippen LogP contribution is 2.27. The Labute approximate surface area is 117 Å². The number of anilines is 1. The normalized spacial score (nSPS) is 15.4. The van der Waals surface area contributed by atoms with E-state index in [1.165, 1.54) is 0 Å². The molecule has 1 saturated heterocycles. The van der Waals surface area contributed by atoms with Crippen molar-refractivity contribution in [3.63, 3.8) is 0 Å². The monoisotopic (exact) mass is 277 g/mol. The second-order valence-corrected chi connectivity index (χ2v) is 4.55. The van der Waals surface area contributed by atoms with Crippen LogP contribution in [0.1, 0.15) is 23.7 Å². The number of para-hydroxylation sites is 1. The van der Waals surface area contributed by atoms with Gasteiger partial charge in [-0.3, -0.25) is 9.59 Å². The number of nitrogens with zero attached hydrogens (tertiary/aromatic N) is 1. The van der Waals surface area contributed by atoms with E-state index in [0.717, 1.165) is 0 Å². The maximum absolute atomic E-state index is 12.6. The molecular weight excluding hydrogens is 258 g/mol. The van der Waals surface area contributed by atoms with Crippen LogP contribution >= 0.6 is 0 Å². The van der Waals surface area contributed by atoms with Crippen LogP contribution in [-0.4, -0.2) is 43.0 Å². The fourth-order valence-electron chi connectivity index (χ4n) is 2.17. The number of nitrogens with two attached hydrogens (primary N) is 1. The average molecular weight is 277 g/mol. The molecule has 1 fully saturated rings. The van der Waals surface area contributed by atoms with E-state index >= 15 is 0 Å². The molecule has 108 valence electrons. The lowest BCUT2D eigenvalue weighted by Gasteiger charge is -2.21. The lowest BCUT2D eigenvalue weighted by atomic mass is 10.1. The van der Waals surface area contributed by atoms with Crippen LogP contribution in [0.4, 0.5) is 5.69 Å². The van der Waals surface area contributed by atoms with Crippen LogP contribution in [0.5, 0.6) is 5.75 Å². The Hall–Kier alpha value is -2.24. The zero-order chi connectivity index (χ0) is 14.5. The van der Waals surface area contributed by atoms with Gasteiger partial charge in [0.15, 0.2) is 5.75 Å². The SMILES string of the molecule is CCOc1c(N)cccc1C(=O)N1CCNC(=O)CC1. The minimum absolute atomic E-state index is 0.0297. The molecule has 0 bridgehead atoms. The Kier molecular flexibility index (Phi) is 4.45. The molecule has 6 nitrogen and oxygen atoms in total. The highest BCUT2D eigenvalue weighted by molar-refractivity contribution is 5.99. The summed E-state index contributed by atoms with van der Waals surface area (Å²) in [5.41, 5.74) is 6.76. The first-order valence-electron chi connectivity index (χ1n) is 6.70. The van der Waals surface area contributed by atoms with E-state index in [1.54, 1.807) is 23.1 Å². The van der Waals surface area contributed by atoms with Crippen LogP contribution < -0.4 is 15.8 Å². The van der Waals surface area contributed by atoms with Gasteiger partial charge in [0.2, 0.25) is 5.91 Å². The largest absolute Gasteiger partial charge is 0.491 e. The van der Waals surface area contributed by atoms with Gasteiger partial charge in [0, 0.05) is 26.1 Å². The van der Waals surface area contributed by atoms with Crippen molar-refractivity contribution in [1.82, 2.24) is 10.2 Å². The van der Waals surface area contributed by atoms with E-state index in [0.29, 0.717) is 49.7 Å². The van der Waals surface area contributed by atoms with Gasteiger partial charge in [-0.15, -0.1) is 0 Å². The molecule has 0 radical (unpaired) electrons. The molecule has 1 aliphatic rings. The summed E-state index contributed by atoms with van der Waals surface area (Å²) >= 11 is 0. The average Bonchev–Trinajstić information content (AvgIpc) is 2.65. The number of hydrogen-bond donors (Lipinski definition) is 2. The third-order valence-corrected chi connectivity index (χ3v) is 3.16. The van der Waals surface area contributed by atoms with Crippen molar-refractivity contribution in [2.75, 3.05) is 32.0 Å². The molecule has 1 heterocycles. The van der Waals surface area contributed by atoms with Crippen LogP contribution in [0.15, 0.2) is 18.2 Å². The zero-order valence-electron chi connectivity index (χ0n) is 11.5. The number of hydrogen-bond acceptors (Lipinski definition) is 4. The van der Waals surface area contributed by atoms with E-state index in [4.69, 9.17) is 10.5 Å². The molecule has 1 aromatic rings. The third-order valence-electron chi connectivity index (χ3n) is 3.16. The molecule has 0 unspecified atom stereocenters. The van der Waals surface area contributed by atoms with Crippen molar-refractivity contribution < 1.29 is 14.3 Å². The second-order valence-electron chi connectivity index (χ2n) is 4.55. The highest BCUT2D eigenvalue weighted by atomic mass is 16.5. The van der Waals surface area contributed by atoms with E-state index in [-0.39, 0.29) is 11.8 Å². The van der Waals surface area contributed by atoms with Gasteiger partial charge in [-0.25, -0.2) is 0 Å². The molecule has 1 aromatic carbocycles. The van der Waals surface area contributed by atoms with Crippen molar-refractivity contribution in [2.45, 2.75) is 13.3 Å². The summed E-state index contributed by atoms with van der Waals surface area (Å²) < 4.78 is 5.48. The minimum atomic E-state index is -0.155. The topological polar surface area (TPSA) is 84.7 Å². The highest BCUT2D eigenvalue weighted by Gasteiger charge is 2.23. The van der Waals surface area contributed by atoms with Crippen molar-refractivity contribution in [2.24, 2.45) is 0 Å². The fourth-order valence-corrected chi connectivity index (χ4v) is 2.17. The van der Waals surface area contributed by atoms with Crippen molar-refractivity contribution in [1.29, 1.82) is 0 Å². The summed E-state index contributed by atoms with van der Waals surface area (Å²) in [5, 5.41) is 2.74. The first kappa shape index (κ1) is 14.2. The maximum atomic E-state index is 12.6. The zero-order valence-corrected chi connectivity index (χ0v) is 11.5. The number of amides is 2. The number of nitrogen functional groups attached to an aromatic ring is 1. The Bertz CT molecular complexity index is 516. The lowest BCUT2D eigenvalue weighted by Crippen LogP contribution is -2.34. The molecule has 6 heteroatoms. The van der Waals surface area contributed by atoms with Crippen molar-refractivity contribution >= 4 is 17.5 Å². The Balaban J connectivity index is 2.24. The van der Waals surface area contributed by atoms with Gasteiger partial charge >= 0.3 is 0 Å². The van der Waals surface area contributed by atoms with Crippen LogP contribution in [0, 0.1) is 0 Å². The molecule has 0 saturated carbocycles. The summed E-state index contributed by atoms with van der Waals surface area (Å²) in [6, 6.07) is 5.13. The lowest BCUT2D eigenvalue weighted by molar-refractivity contribution is -0.120. The number of ether oxygens (including phenoxy) is 1. The van der Waals surface area contributed by atoms with Gasteiger partial charge in [-0.1, -0.05) is 6.07 Å². The van der Waals surface area contributed by atoms with E-state index < -0.39 is 0 Å². The van der Waals surface area contributed by atoms with E-state index in [9.17, 15) is 9.59 Å². The molecule has 3 N–H and O–H groups in total. The van der Waals surface area contributed by atoms with Crippen LogP contribution in [0.3, 0.4) is 0 Å². The molecule has 0 spiro atoms. The van der Waals surface area contributed by atoms with Crippen LogP contribution in [0.25, 0.3) is 0 Å². The first-order chi connectivity index (χ1) is 9.63. The quantitative estimate of drug-likeness (QED) is 0.794. The molecule has 1 aliphatic heterocycles.